The van der Waals surface area contributed by atoms with Gasteiger partial charge in [0.05, 0.1) is 12.4 Å². The van der Waals surface area contributed by atoms with Gasteiger partial charge in [-0.05, 0) is 41.0 Å². The lowest BCUT2D eigenvalue weighted by Gasteiger charge is -2.18. The number of aryl methyl sites for hydroxylation is 1. The molecule has 0 fully saturated rings. The molecule has 9 nitrogen and oxygen atoms in total. The molecule has 134 valence electrons. The van der Waals surface area contributed by atoms with E-state index >= 15 is 0 Å². The molecule has 0 unspecified atom stereocenters. The molecule has 25 heavy (non-hydrogen) atoms. The van der Waals surface area contributed by atoms with Crippen molar-refractivity contribution in [2.45, 2.75) is 31.2 Å². The number of amides is 3. The van der Waals surface area contributed by atoms with Gasteiger partial charge in [0.1, 0.15) is 11.4 Å². The molecular formula is C15H20N6O3S. The molecule has 0 spiro atoms. The first-order valence-electron chi connectivity index (χ1n) is 7.53. The van der Waals surface area contributed by atoms with E-state index < -0.39 is 17.2 Å². The lowest BCUT2D eigenvalue weighted by atomic mass is 10.1. The maximum absolute atomic E-state index is 12.2. The first-order chi connectivity index (χ1) is 11.8. The Bertz CT molecular complexity index is 776. The first kappa shape index (κ1) is 18.7. The summed E-state index contributed by atoms with van der Waals surface area (Å²) in [5.41, 5.74) is 6.71. The molecule has 1 aromatic heterocycles. The number of thioether (sulfide) groups is 1. The minimum atomic E-state index is -0.892. The molecule has 0 aliphatic carbocycles. The Morgan fingerprint density at radius 2 is 2.08 bits per heavy atom. The van der Waals surface area contributed by atoms with Gasteiger partial charge in [-0.2, -0.15) is 4.68 Å². The van der Waals surface area contributed by atoms with E-state index in [0.29, 0.717) is 16.6 Å². The summed E-state index contributed by atoms with van der Waals surface area (Å²) in [7, 11) is 1.56. The van der Waals surface area contributed by atoms with Crippen LogP contribution in [0.5, 0.6) is 5.75 Å². The normalized spacial score (nSPS) is 12.0. The van der Waals surface area contributed by atoms with Crippen LogP contribution in [0, 0.1) is 12.8 Å². The van der Waals surface area contributed by atoms with Crippen LogP contribution in [0.4, 0.5) is 4.79 Å². The van der Waals surface area contributed by atoms with E-state index in [1.165, 1.54) is 4.68 Å². The Kier molecular flexibility index (Phi) is 5.97. The minimum Gasteiger partial charge on any atom is -0.494 e. The predicted octanol–water partition coefficient (Wildman–Crippen LogP) is 1.29. The van der Waals surface area contributed by atoms with E-state index in [1.54, 1.807) is 7.11 Å². The van der Waals surface area contributed by atoms with Crippen LogP contribution in [0.3, 0.4) is 0 Å². The fourth-order valence-corrected chi connectivity index (χ4v) is 3.15. The molecule has 0 aliphatic rings. The van der Waals surface area contributed by atoms with Crippen LogP contribution in [0.2, 0.25) is 0 Å². The molecule has 2 rings (SSSR count). The molecule has 1 atom stereocenters. The number of nitrogens with zero attached hydrogens (tertiary/aromatic N) is 4. The van der Waals surface area contributed by atoms with Crippen LogP contribution < -0.4 is 15.8 Å². The number of imide groups is 1. The fourth-order valence-electron chi connectivity index (χ4n) is 2.17. The third-order valence-electron chi connectivity index (χ3n) is 3.35. The summed E-state index contributed by atoms with van der Waals surface area (Å²) in [5.74, 6) is 0.0367. The van der Waals surface area contributed by atoms with Gasteiger partial charge in [0.2, 0.25) is 11.1 Å². The molecule has 0 aliphatic heterocycles. The number of tetrazole rings is 1. The number of methoxy groups -OCH3 is 1. The lowest BCUT2D eigenvalue weighted by molar-refractivity contribution is -0.120. The molecule has 10 heteroatoms. The van der Waals surface area contributed by atoms with Crippen molar-refractivity contribution in [2.75, 3.05) is 7.11 Å². The summed E-state index contributed by atoms with van der Waals surface area (Å²) in [6.07, 6.45) is 0. The van der Waals surface area contributed by atoms with Gasteiger partial charge in [-0.3, -0.25) is 10.1 Å². The number of carbonyl (C=O) groups excluding carboxylic acids is 2. The second kappa shape index (κ2) is 7.97. The summed E-state index contributed by atoms with van der Waals surface area (Å²) >= 11 is 1.15. The van der Waals surface area contributed by atoms with Gasteiger partial charge in [0.25, 0.3) is 0 Å². The number of carbonyl (C=O) groups is 2. The number of ether oxygens (including phenoxy) is 1. The topological polar surface area (TPSA) is 125 Å². The van der Waals surface area contributed by atoms with Crippen LogP contribution in [0.25, 0.3) is 5.69 Å². The summed E-state index contributed by atoms with van der Waals surface area (Å²) in [6, 6.07) is 4.72. The van der Waals surface area contributed by atoms with Crippen molar-refractivity contribution < 1.29 is 14.3 Å². The minimum absolute atomic E-state index is 0.0751. The van der Waals surface area contributed by atoms with Gasteiger partial charge < -0.3 is 10.5 Å². The van der Waals surface area contributed by atoms with E-state index in [0.717, 1.165) is 17.3 Å². The van der Waals surface area contributed by atoms with E-state index in [4.69, 9.17) is 10.5 Å². The number of primary amides is 1. The number of aromatic nitrogens is 4. The summed E-state index contributed by atoms with van der Waals surface area (Å²) in [6.45, 7) is 5.66. The zero-order valence-corrected chi connectivity index (χ0v) is 15.2. The summed E-state index contributed by atoms with van der Waals surface area (Å²) in [5, 5.41) is 13.6. The maximum Gasteiger partial charge on any atom is 0.318 e. The number of nitrogens with two attached hydrogens (primary N) is 1. The Labute approximate surface area is 149 Å². The highest BCUT2D eigenvalue weighted by Gasteiger charge is 2.27. The second-order valence-corrected chi connectivity index (χ2v) is 6.79. The van der Waals surface area contributed by atoms with Crippen molar-refractivity contribution in [1.29, 1.82) is 0 Å². The van der Waals surface area contributed by atoms with Crippen molar-refractivity contribution in [2.24, 2.45) is 11.7 Å². The molecular weight excluding hydrogens is 344 g/mol. The zero-order valence-electron chi connectivity index (χ0n) is 14.4. The van der Waals surface area contributed by atoms with Crippen molar-refractivity contribution in [3.8, 4) is 11.4 Å². The molecule has 0 radical (unpaired) electrons. The number of nitrogens with one attached hydrogen (secondary N) is 1. The van der Waals surface area contributed by atoms with Crippen molar-refractivity contribution in [1.82, 2.24) is 25.5 Å². The molecule has 0 saturated carbocycles. The number of benzene rings is 1. The number of hydrogen-bond acceptors (Lipinski definition) is 7. The second-order valence-electron chi connectivity index (χ2n) is 5.68. The van der Waals surface area contributed by atoms with E-state index in [2.05, 4.69) is 20.8 Å². The highest BCUT2D eigenvalue weighted by atomic mass is 32.2. The molecule has 1 heterocycles. The zero-order chi connectivity index (χ0) is 18.6. The van der Waals surface area contributed by atoms with Crippen molar-refractivity contribution in [3.63, 3.8) is 0 Å². The maximum atomic E-state index is 12.2. The number of urea groups is 1. The van der Waals surface area contributed by atoms with Gasteiger partial charge in [0.15, 0.2) is 0 Å². The fraction of sp³-hybridized carbons (Fsp3) is 0.400. The van der Waals surface area contributed by atoms with E-state index in [9.17, 15) is 9.59 Å². The van der Waals surface area contributed by atoms with Crippen LogP contribution >= 0.6 is 11.8 Å². The van der Waals surface area contributed by atoms with Gasteiger partial charge >= 0.3 is 6.03 Å². The van der Waals surface area contributed by atoms with E-state index in [1.807, 2.05) is 39.0 Å². The van der Waals surface area contributed by atoms with Crippen molar-refractivity contribution in [3.05, 3.63) is 23.8 Å². The average molecular weight is 364 g/mol. The first-order valence-corrected chi connectivity index (χ1v) is 8.41. The molecule has 0 saturated heterocycles. The molecule has 2 aromatic rings. The van der Waals surface area contributed by atoms with Crippen LogP contribution in [-0.4, -0.2) is 44.5 Å². The highest BCUT2D eigenvalue weighted by Crippen LogP contribution is 2.31. The van der Waals surface area contributed by atoms with Gasteiger partial charge in [-0.15, -0.1) is 5.10 Å². The van der Waals surface area contributed by atoms with E-state index in [-0.39, 0.29) is 5.92 Å². The van der Waals surface area contributed by atoms with Gasteiger partial charge in [-0.25, -0.2) is 4.79 Å². The summed E-state index contributed by atoms with van der Waals surface area (Å²) < 4.78 is 6.87. The Morgan fingerprint density at radius 1 is 1.36 bits per heavy atom. The summed E-state index contributed by atoms with van der Waals surface area (Å²) in [4.78, 5) is 23.2. The van der Waals surface area contributed by atoms with Crippen LogP contribution in [0.1, 0.15) is 19.4 Å². The Morgan fingerprint density at radius 3 is 2.68 bits per heavy atom. The quantitative estimate of drug-likeness (QED) is 0.740. The molecule has 0 bridgehead atoms. The smallest absolute Gasteiger partial charge is 0.318 e. The average Bonchev–Trinajstić information content (AvgIpc) is 2.99. The Balaban J connectivity index is 2.36. The third kappa shape index (κ3) is 4.47. The standard InChI is InChI=1S/C15H20N6O3S/c1-8(2)12(13(22)17-14(16)23)25-15-18-19-20-21(15)10-7-9(3)5-6-11(10)24-4/h5-8,12H,1-4H3,(H3,16,17,22,23)/t12-/m0/s1. The van der Waals surface area contributed by atoms with Crippen molar-refractivity contribution >= 4 is 23.7 Å². The molecule has 1 aromatic carbocycles. The van der Waals surface area contributed by atoms with Crippen LogP contribution in [-0.2, 0) is 4.79 Å². The molecule has 3 N–H and O–H groups in total. The predicted molar refractivity (Wildman–Crippen MR) is 92.7 cm³/mol. The largest absolute Gasteiger partial charge is 0.494 e. The van der Waals surface area contributed by atoms with Gasteiger partial charge in [-0.1, -0.05) is 31.7 Å². The lowest BCUT2D eigenvalue weighted by Crippen LogP contribution is -2.42. The Hall–Kier alpha value is -2.62. The number of rotatable bonds is 6. The monoisotopic (exact) mass is 364 g/mol. The third-order valence-corrected chi connectivity index (χ3v) is 4.82. The van der Waals surface area contributed by atoms with Crippen LogP contribution in [0.15, 0.2) is 23.4 Å². The van der Waals surface area contributed by atoms with Gasteiger partial charge in [0, 0.05) is 0 Å². The highest BCUT2D eigenvalue weighted by molar-refractivity contribution is 8.00. The SMILES string of the molecule is COc1ccc(C)cc1-n1nnnc1S[C@H](C(=O)NC(N)=O)C(C)C. The molecule has 3 amide bonds. The number of hydrogen-bond donors (Lipinski definition) is 2.